The Labute approximate surface area is 109 Å². The van der Waals surface area contributed by atoms with Crippen molar-refractivity contribution in [2.24, 2.45) is 7.05 Å². The molecular formula is C12H16BrN3O. The summed E-state index contributed by atoms with van der Waals surface area (Å²) >= 11 is 3.33. The second-order valence-electron chi connectivity index (χ2n) is 3.98. The first-order valence-corrected chi connectivity index (χ1v) is 6.47. The summed E-state index contributed by atoms with van der Waals surface area (Å²) in [5.41, 5.74) is 1.11. The first kappa shape index (κ1) is 12.4. The average Bonchev–Trinajstić information content (AvgIpc) is 2.89. The van der Waals surface area contributed by atoms with Gasteiger partial charge in [-0.3, -0.25) is 4.68 Å². The molecule has 0 amide bonds. The lowest BCUT2D eigenvalue weighted by Gasteiger charge is -2.14. The van der Waals surface area contributed by atoms with Gasteiger partial charge in [0.1, 0.15) is 5.76 Å². The van der Waals surface area contributed by atoms with Gasteiger partial charge in [-0.05, 0) is 41.0 Å². The smallest absolute Gasteiger partial charge is 0.169 e. The largest absolute Gasteiger partial charge is 0.452 e. The van der Waals surface area contributed by atoms with Gasteiger partial charge in [0.05, 0.1) is 12.2 Å². The molecule has 1 atom stereocenters. The molecule has 5 heteroatoms. The van der Waals surface area contributed by atoms with Crippen molar-refractivity contribution in [3.8, 4) is 0 Å². The maximum absolute atomic E-state index is 5.62. The summed E-state index contributed by atoms with van der Waals surface area (Å²) < 4.78 is 8.17. The van der Waals surface area contributed by atoms with Gasteiger partial charge in [0.15, 0.2) is 4.67 Å². The van der Waals surface area contributed by atoms with Crippen molar-refractivity contribution in [2.45, 2.75) is 19.4 Å². The minimum absolute atomic E-state index is 0.0648. The third-order valence-corrected chi connectivity index (χ3v) is 2.96. The number of furan rings is 1. The second kappa shape index (κ2) is 5.51. The van der Waals surface area contributed by atoms with Crippen LogP contribution in [0.2, 0.25) is 0 Å². The van der Waals surface area contributed by atoms with Crippen LogP contribution in [0.25, 0.3) is 0 Å². The normalized spacial score (nSPS) is 12.9. The third kappa shape index (κ3) is 2.98. The van der Waals surface area contributed by atoms with E-state index in [0.29, 0.717) is 0 Å². The van der Waals surface area contributed by atoms with E-state index in [1.54, 1.807) is 4.68 Å². The molecule has 0 aliphatic rings. The molecule has 0 spiro atoms. The van der Waals surface area contributed by atoms with Crippen LogP contribution in [-0.2, 0) is 7.05 Å². The van der Waals surface area contributed by atoms with Gasteiger partial charge in [-0.25, -0.2) is 0 Å². The summed E-state index contributed by atoms with van der Waals surface area (Å²) in [6, 6.07) is 3.95. The van der Waals surface area contributed by atoms with Gasteiger partial charge in [-0.2, -0.15) is 5.10 Å². The predicted octanol–water partition coefficient (Wildman–Crippen LogP) is 2.86. The van der Waals surface area contributed by atoms with Gasteiger partial charge < -0.3 is 9.73 Å². The number of hydrogen-bond acceptors (Lipinski definition) is 3. The monoisotopic (exact) mass is 297 g/mol. The van der Waals surface area contributed by atoms with Crippen molar-refractivity contribution in [3.63, 3.8) is 0 Å². The fraction of sp³-hybridized carbons (Fsp3) is 0.417. The molecule has 0 aliphatic carbocycles. The Hall–Kier alpha value is -1.07. The van der Waals surface area contributed by atoms with Crippen molar-refractivity contribution in [2.75, 3.05) is 6.54 Å². The van der Waals surface area contributed by atoms with E-state index in [4.69, 9.17) is 4.42 Å². The number of aromatic nitrogens is 2. The SMILES string of the molecule is CCCNC(c1cnn(C)c1)c1ccc(Br)o1. The fourth-order valence-electron chi connectivity index (χ4n) is 1.74. The predicted molar refractivity (Wildman–Crippen MR) is 69.8 cm³/mol. The molecule has 2 aromatic rings. The average molecular weight is 298 g/mol. The molecule has 4 nitrogen and oxygen atoms in total. The molecule has 0 saturated heterocycles. The highest BCUT2D eigenvalue weighted by Gasteiger charge is 2.18. The summed E-state index contributed by atoms with van der Waals surface area (Å²) in [5, 5.41) is 7.66. The quantitative estimate of drug-likeness (QED) is 0.923. The van der Waals surface area contributed by atoms with Crippen LogP contribution in [0, 0.1) is 0 Å². The van der Waals surface area contributed by atoms with Gasteiger partial charge in [0.25, 0.3) is 0 Å². The lowest BCUT2D eigenvalue weighted by molar-refractivity contribution is 0.433. The maximum atomic E-state index is 5.62. The van der Waals surface area contributed by atoms with E-state index in [9.17, 15) is 0 Å². The molecule has 0 aromatic carbocycles. The number of halogens is 1. The lowest BCUT2D eigenvalue weighted by atomic mass is 10.1. The van der Waals surface area contributed by atoms with E-state index < -0.39 is 0 Å². The molecule has 2 heterocycles. The number of nitrogens with one attached hydrogen (secondary N) is 1. The summed E-state index contributed by atoms with van der Waals surface area (Å²) in [5.74, 6) is 0.901. The Kier molecular flexibility index (Phi) is 4.02. The highest BCUT2D eigenvalue weighted by Crippen LogP contribution is 2.25. The molecule has 17 heavy (non-hydrogen) atoms. The van der Waals surface area contributed by atoms with Crippen molar-refractivity contribution in [1.82, 2.24) is 15.1 Å². The van der Waals surface area contributed by atoms with Gasteiger partial charge in [0.2, 0.25) is 0 Å². The Morgan fingerprint density at radius 2 is 2.35 bits per heavy atom. The third-order valence-electron chi connectivity index (χ3n) is 2.54. The van der Waals surface area contributed by atoms with Crippen molar-refractivity contribution < 1.29 is 4.42 Å². The minimum Gasteiger partial charge on any atom is -0.452 e. The molecule has 0 saturated carbocycles. The molecule has 2 aromatic heterocycles. The van der Waals surface area contributed by atoms with E-state index in [0.717, 1.165) is 29.0 Å². The summed E-state index contributed by atoms with van der Waals surface area (Å²) in [6.45, 7) is 3.09. The van der Waals surface area contributed by atoms with E-state index in [1.807, 2.05) is 31.6 Å². The van der Waals surface area contributed by atoms with Gasteiger partial charge in [-0.15, -0.1) is 0 Å². The molecule has 0 fully saturated rings. The van der Waals surface area contributed by atoms with Crippen LogP contribution in [0.5, 0.6) is 0 Å². The molecule has 2 rings (SSSR count). The highest BCUT2D eigenvalue weighted by atomic mass is 79.9. The summed E-state index contributed by atoms with van der Waals surface area (Å²) in [6.07, 6.45) is 4.95. The van der Waals surface area contributed by atoms with Crippen LogP contribution >= 0.6 is 15.9 Å². The second-order valence-corrected chi connectivity index (χ2v) is 4.76. The molecular weight excluding hydrogens is 282 g/mol. The zero-order valence-electron chi connectivity index (χ0n) is 9.98. The van der Waals surface area contributed by atoms with Crippen molar-refractivity contribution in [3.05, 3.63) is 40.5 Å². The Morgan fingerprint density at radius 3 is 2.88 bits per heavy atom. The van der Waals surface area contributed by atoms with E-state index in [2.05, 4.69) is 33.3 Å². The molecule has 1 unspecified atom stereocenters. The van der Waals surface area contributed by atoms with E-state index in [-0.39, 0.29) is 6.04 Å². The van der Waals surface area contributed by atoms with Gasteiger partial charge in [0, 0.05) is 18.8 Å². The van der Waals surface area contributed by atoms with Crippen LogP contribution in [0.4, 0.5) is 0 Å². The summed E-state index contributed by atoms with van der Waals surface area (Å²) in [4.78, 5) is 0. The fourth-order valence-corrected chi connectivity index (χ4v) is 2.06. The minimum atomic E-state index is 0.0648. The zero-order valence-corrected chi connectivity index (χ0v) is 11.6. The maximum Gasteiger partial charge on any atom is 0.169 e. The first-order valence-electron chi connectivity index (χ1n) is 5.68. The number of rotatable bonds is 5. The van der Waals surface area contributed by atoms with Crippen molar-refractivity contribution >= 4 is 15.9 Å². The van der Waals surface area contributed by atoms with Gasteiger partial charge in [-0.1, -0.05) is 6.92 Å². The Bertz CT molecular complexity index is 437. The van der Waals surface area contributed by atoms with Crippen molar-refractivity contribution in [1.29, 1.82) is 0 Å². The zero-order chi connectivity index (χ0) is 12.3. The molecule has 1 N–H and O–H groups in total. The number of hydrogen-bond donors (Lipinski definition) is 1. The molecule has 0 radical (unpaired) electrons. The van der Waals surface area contributed by atoms with E-state index in [1.165, 1.54) is 0 Å². The topological polar surface area (TPSA) is 43.0 Å². The lowest BCUT2D eigenvalue weighted by Crippen LogP contribution is -2.22. The van der Waals surface area contributed by atoms with Crippen LogP contribution in [0.15, 0.2) is 33.6 Å². The molecule has 0 aliphatic heterocycles. The standard InChI is InChI=1S/C12H16BrN3O/c1-3-6-14-12(9-7-15-16(2)8-9)10-4-5-11(13)17-10/h4-5,7-8,12,14H,3,6H2,1-2H3. The highest BCUT2D eigenvalue weighted by molar-refractivity contribution is 9.10. The Balaban J connectivity index is 2.24. The number of nitrogens with zero attached hydrogens (tertiary/aromatic N) is 2. The van der Waals surface area contributed by atoms with Crippen LogP contribution in [0.1, 0.15) is 30.7 Å². The summed E-state index contributed by atoms with van der Waals surface area (Å²) in [7, 11) is 1.92. The Morgan fingerprint density at radius 1 is 1.53 bits per heavy atom. The van der Waals surface area contributed by atoms with Crippen LogP contribution in [0.3, 0.4) is 0 Å². The van der Waals surface area contributed by atoms with Crippen LogP contribution < -0.4 is 5.32 Å². The van der Waals surface area contributed by atoms with E-state index >= 15 is 0 Å². The molecule has 0 bridgehead atoms. The number of aryl methyl sites for hydroxylation is 1. The van der Waals surface area contributed by atoms with Gasteiger partial charge >= 0.3 is 0 Å². The van der Waals surface area contributed by atoms with Crippen LogP contribution in [-0.4, -0.2) is 16.3 Å². The molecule has 92 valence electrons. The first-order chi connectivity index (χ1) is 8.20.